The predicted molar refractivity (Wildman–Crippen MR) is 173 cm³/mol. The summed E-state index contributed by atoms with van der Waals surface area (Å²) < 4.78 is 57.3. The van der Waals surface area contributed by atoms with E-state index in [4.69, 9.17) is 51.5 Å². The molecule has 252 valence electrons. The summed E-state index contributed by atoms with van der Waals surface area (Å²) in [5.41, 5.74) is 1.16. The first kappa shape index (κ1) is 33.5. The lowest BCUT2D eigenvalue weighted by Crippen LogP contribution is -2.45. The molecule has 0 spiro atoms. The van der Waals surface area contributed by atoms with Crippen LogP contribution in [-0.2, 0) is 14.4 Å². The van der Waals surface area contributed by atoms with E-state index in [9.17, 15) is 31.9 Å². The van der Waals surface area contributed by atoms with Crippen molar-refractivity contribution < 1.29 is 31.9 Å². The SMILES string of the molecule is O=C1[C@H]2N=NN(CC(=O)N3N=C4/C(=C/c5ccc(Cl)cc5Cl)CCC[C@@H]4[C@H]3c3ccc(Cl)cc3Cl)[C@H]2C(=O)N1c1c(F)c(F)cc(F)c1F. The molecule has 3 aliphatic heterocycles. The normalized spacial score (nSPS) is 23.9. The molecule has 1 aliphatic carbocycles. The molecule has 0 N–H and O–H groups in total. The van der Waals surface area contributed by atoms with Gasteiger partial charge >= 0.3 is 0 Å². The Balaban J connectivity index is 1.22. The summed E-state index contributed by atoms with van der Waals surface area (Å²) in [5, 5.41) is 16.0. The van der Waals surface area contributed by atoms with Crippen LogP contribution in [0.2, 0.25) is 20.1 Å². The van der Waals surface area contributed by atoms with Crippen LogP contribution >= 0.6 is 46.4 Å². The number of hydrazone groups is 1. The predicted octanol–water partition coefficient (Wildman–Crippen LogP) is 7.97. The number of nitrogens with zero attached hydrogens (tertiary/aromatic N) is 6. The van der Waals surface area contributed by atoms with Gasteiger partial charge in [-0.25, -0.2) is 27.5 Å². The van der Waals surface area contributed by atoms with Gasteiger partial charge in [0.05, 0.1) is 11.8 Å². The molecule has 3 heterocycles. The summed E-state index contributed by atoms with van der Waals surface area (Å²) >= 11 is 25.4. The molecule has 4 aliphatic rings. The number of imide groups is 1. The number of hydrogen-bond donors (Lipinski definition) is 0. The smallest absolute Gasteiger partial charge is 0.264 e. The fraction of sp³-hybridized carbons (Fsp3) is 0.250. The maximum atomic E-state index is 14.6. The second-order valence-electron chi connectivity index (χ2n) is 11.7. The summed E-state index contributed by atoms with van der Waals surface area (Å²) in [6, 6.07) is 5.91. The molecule has 0 bridgehead atoms. The second kappa shape index (κ2) is 12.7. The van der Waals surface area contributed by atoms with Gasteiger partial charge in [-0.2, -0.15) is 10.2 Å². The molecule has 49 heavy (non-hydrogen) atoms. The lowest BCUT2D eigenvalue weighted by atomic mass is 9.77. The van der Waals surface area contributed by atoms with Gasteiger partial charge < -0.3 is 0 Å². The molecule has 2 fully saturated rings. The maximum Gasteiger partial charge on any atom is 0.264 e. The number of anilines is 1. The molecule has 17 heteroatoms. The van der Waals surface area contributed by atoms with Crippen LogP contribution in [0.5, 0.6) is 0 Å². The molecule has 3 aromatic rings. The first-order valence-electron chi connectivity index (χ1n) is 14.8. The highest BCUT2D eigenvalue weighted by Gasteiger charge is 2.57. The fourth-order valence-electron chi connectivity index (χ4n) is 6.61. The van der Waals surface area contributed by atoms with E-state index >= 15 is 0 Å². The Labute approximate surface area is 295 Å². The summed E-state index contributed by atoms with van der Waals surface area (Å²) in [5.74, 6) is -11.1. The third kappa shape index (κ3) is 5.66. The largest absolute Gasteiger partial charge is 0.271 e. The van der Waals surface area contributed by atoms with Crippen LogP contribution in [0.15, 0.2) is 63.5 Å². The Bertz CT molecular complexity index is 2040. The van der Waals surface area contributed by atoms with E-state index in [2.05, 4.69) is 10.3 Å². The molecule has 0 unspecified atom stereocenters. The van der Waals surface area contributed by atoms with Gasteiger partial charge in [0.25, 0.3) is 17.7 Å². The van der Waals surface area contributed by atoms with Gasteiger partial charge in [-0.3, -0.25) is 19.4 Å². The summed E-state index contributed by atoms with van der Waals surface area (Å²) in [6.07, 6.45) is 3.88. The molecule has 1 saturated carbocycles. The minimum absolute atomic E-state index is 0.0122. The van der Waals surface area contributed by atoms with Crippen molar-refractivity contribution in [3.8, 4) is 0 Å². The Morgan fingerprint density at radius 1 is 0.878 bits per heavy atom. The minimum Gasteiger partial charge on any atom is -0.271 e. The maximum absolute atomic E-state index is 14.6. The summed E-state index contributed by atoms with van der Waals surface area (Å²) in [7, 11) is 0. The van der Waals surface area contributed by atoms with Crippen molar-refractivity contribution in [1.29, 1.82) is 0 Å². The number of halogens is 8. The van der Waals surface area contributed by atoms with Gasteiger partial charge in [0.15, 0.2) is 35.4 Å². The van der Waals surface area contributed by atoms with E-state index in [1.165, 1.54) is 11.1 Å². The molecule has 7 rings (SSSR count). The van der Waals surface area contributed by atoms with Crippen LogP contribution in [0.3, 0.4) is 0 Å². The number of benzene rings is 3. The Morgan fingerprint density at radius 3 is 2.22 bits per heavy atom. The van der Waals surface area contributed by atoms with Crippen molar-refractivity contribution in [3.05, 3.63) is 103 Å². The number of amides is 3. The average molecular weight is 754 g/mol. The number of carbonyl (C=O) groups excluding carboxylic acids is 3. The minimum atomic E-state index is -1.94. The van der Waals surface area contributed by atoms with Gasteiger partial charge in [0, 0.05) is 32.1 Å². The first-order valence-corrected chi connectivity index (χ1v) is 16.3. The van der Waals surface area contributed by atoms with Gasteiger partial charge in [-0.1, -0.05) is 63.8 Å². The first-order chi connectivity index (χ1) is 23.3. The van der Waals surface area contributed by atoms with E-state index in [1.54, 1.807) is 30.3 Å². The molecule has 3 aromatic carbocycles. The molecule has 3 amide bonds. The highest BCUT2D eigenvalue weighted by Crippen LogP contribution is 2.47. The highest BCUT2D eigenvalue weighted by molar-refractivity contribution is 6.36. The van der Waals surface area contributed by atoms with Crippen LogP contribution in [0.1, 0.15) is 36.4 Å². The highest BCUT2D eigenvalue weighted by atomic mass is 35.5. The standard InChI is InChI=1S/C32H20Cl4F4N6O3/c33-15-5-4-13(19(35)9-15)8-14-2-1-3-18-26(14)42-46(28(18)17-7-6-16(34)10-20(17)36)23(47)12-44-30-27(41-43-44)31(48)45(32(30)49)29-24(39)21(37)11-22(38)25(29)40/h4-11,18,27-28,30H,1-3,12H2/b14-8+/t18-,27-,28+,30+/m0/s1. The zero-order chi connectivity index (χ0) is 34.9. The van der Waals surface area contributed by atoms with Gasteiger partial charge in [-0.05, 0) is 66.3 Å². The summed E-state index contributed by atoms with van der Waals surface area (Å²) in [4.78, 5) is 40.6. The van der Waals surface area contributed by atoms with Crippen LogP contribution < -0.4 is 4.90 Å². The lowest BCUT2D eigenvalue weighted by Gasteiger charge is -2.31. The van der Waals surface area contributed by atoms with Crippen molar-refractivity contribution in [2.75, 3.05) is 11.4 Å². The molecule has 1 saturated heterocycles. The number of rotatable bonds is 5. The Morgan fingerprint density at radius 2 is 1.55 bits per heavy atom. The zero-order valence-corrected chi connectivity index (χ0v) is 27.7. The average Bonchev–Trinajstić information content (AvgIpc) is 3.72. The topological polar surface area (TPSA) is 98.0 Å². The molecule has 0 radical (unpaired) electrons. The van der Waals surface area contributed by atoms with Crippen molar-refractivity contribution >= 4 is 81.6 Å². The molecular weight excluding hydrogens is 734 g/mol. The Hall–Kier alpha value is -4.04. The van der Waals surface area contributed by atoms with E-state index < -0.39 is 71.3 Å². The van der Waals surface area contributed by atoms with Crippen molar-refractivity contribution in [1.82, 2.24) is 10.0 Å². The molecule has 4 atom stereocenters. The Kier molecular flexibility index (Phi) is 8.66. The van der Waals surface area contributed by atoms with E-state index in [1.807, 2.05) is 6.08 Å². The number of hydrogen-bond acceptors (Lipinski definition) is 7. The van der Waals surface area contributed by atoms with Crippen molar-refractivity contribution in [3.63, 3.8) is 0 Å². The monoisotopic (exact) mass is 752 g/mol. The van der Waals surface area contributed by atoms with Crippen LogP contribution in [0.4, 0.5) is 23.2 Å². The van der Waals surface area contributed by atoms with Gasteiger partial charge in [0.1, 0.15) is 12.2 Å². The number of carbonyl (C=O) groups is 3. The van der Waals surface area contributed by atoms with E-state index in [0.717, 1.165) is 17.0 Å². The second-order valence-corrected chi connectivity index (χ2v) is 13.4. The van der Waals surface area contributed by atoms with Crippen LogP contribution in [0, 0.1) is 29.2 Å². The van der Waals surface area contributed by atoms with E-state index in [-0.39, 0.29) is 21.9 Å². The van der Waals surface area contributed by atoms with Gasteiger partial charge in [-0.15, -0.1) is 0 Å². The van der Waals surface area contributed by atoms with Crippen molar-refractivity contribution in [2.24, 2.45) is 21.4 Å². The van der Waals surface area contributed by atoms with Gasteiger partial charge in [0.2, 0.25) is 0 Å². The number of fused-ring (bicyclic) bond motifs is 2. The zero-order valence-electron chi connectivity index (χ0n) is 24.7. The number of allylic oxidation sites excluding steroid dienone is 1. The van der Waals surface area contributed by atoms with Crippen molar-refractivity contribution in [2.45, 2.75) is 37.4 Å². The fourth-order valence-corrected chi connectivity index (χ4v) is 7.59. The molecule has 0 aromatic heterocycles. The third-order valence-corrected chi connectivity index (χ3v) is 9.92. The quantitative estimate of drug-likeness (QED) is 0.150. The van der Waals surface area contributed by atoms with E-state index in [0.29, 0.717) is 44.7 Å². The van der Waals surface area contributed by atoms with Crippen LogP contribution in [0.25, 0.3) is 6.08 Å². The molecule has 9 nitrogen and oxygen atoms in total. The summed E-state index contributed by atoms with van der Waals surface area (Å²) in [6.45, 7) is -0.659. The lowest BCUT2D eigenvalue weighted by molar-refractivity contribution is -0.136. The third-order valence-electron chi connectivity index (χ3n) is 8.80. The van der Waals surface area contributed by atoms with Crippen LogP contribution in [-0.4, -0.2) is 52.1 Å². The molecular formula is C32H20Cl4F4N6O3.